The Bertz CT molecular complexity index is 2040. The molecule has 1 saturated heterocycles. The van der Waals surface area contributed by atoms with Crippen LogP contribution in [0.3, 0.4) is 0 Å². The van der Waals surface area contributed by atoms with E-state index in [0.717, 1.165) is 44.1 Å². The number of likely N-dealkylation sites (N-methyl/N-ethyl adjacent to an activating group) is 1. The van der Waals surface area contributed by atoms with Gasteiger partial charge < -0.3 is 9.80 Å². The van der Waals surface area contributed by atoms with Crippen molar-refractivity contribution in [1.29, 1.82) is 0 Å². The lowest BCUT2D eigenvalue weighted by atomic mass is 9.82. The lowest BCUT2D eigenvalue weighted by Crippen LogP contribution is -2.43. The Morgan fingerprint density at radius 1 is 0.500 bits per heavy atom. The molecule has 3 heteroatoms. The molecule has 1 fully saturated rings. The highest BCUT2D eigenvalue weighted by Gasteiger charge is 2.35. The molecule has 1 aliphatic carbocycles. The molecule has 48 heavy (non-hydrogen) atoms. The van der Waals surface area contributed by atoms with Crippen LogP contribution >= 0.6 is 0 Å². The van der Waals surface area contributed by atoms with Crippen molar-refractivity contribution in [3.8, 4) is 33.4 Å². The summed E-state index contributed by atoms with van der Waals surface area (Å²) in [4.78, 5) is 7.39. The van der Waals surface area contributed by atoms with Crippen molar-refractivity contribution in [3.63, 3.8) is 0 Å². The molecular weight excluding hydrogens is 583 g/mol. The minimum atomic E-state index is -0.0657. The molecule has 0 unspecified atom stereocenters. The summed E-state index contributed by atoms with van der Waals surface area (Å²) < 4.78 is 0. The molecule has 1 aliphatic heterocycles. The Labute approximate surface area is 285 Å². The minimum Gasteiger partial charge on any atom is -0.310 e. The van der Waals surface area contributed by atoms with Crippen LogP contribution in [-0.4, -0.2) is 43.0 Å². The van der Waals surface area contributed by atoms with Crippen LogP contribution in [0.15, 0.2) is 146 Å². The molecule has 0 atom stereocenters. The van der Waals surface area contributed by atoms with E-state index in [2.05, 4.69) is 181 Å². The highest BCUT2D eigenvalue weighted by atomic mass is 15.2. The summed E-state index contributed by atoms with van der Waals surface area (Å²) in [5, 5.41) is 0. The van der Waals surface area contributed by atoms with Crippen molar-refractivity contribution in [3.05, 3.63) is 162 Å². The van der Waals surface area contributed by atoms with Gasteiger partial charge in [0.15, 0.2) is 0 Å². The van der Waals surface area contributed by atoms with E-state index in [-0.39, 0.29) is 5.41 Å². The Kier molecular flexibility index (Phi) is 7.96. The van der Waals surface area contributed by atoms with Crippen molar-refractivity contribution in [2.75, 3.05) is 38.1 Å². The first-order valence-electron chi connectivity index (χ1n) is 17.2. The molecule has 0 N–H and O–H groups in total. The molecule has 238 valence electrons. The first-order chi connectivity index (χ1) is 23.4. The van der Waals surface area contributed by atoms with Crippen LogP contribution in [0.4, 0.5) is 17.1 Å². The van der Waals surface area contributed by atoms with Gasteiger partial charge in [-0.2, -0.15) is 0 Å². The van der Waals surface area contributed by atoms with Crippen molar-refractivity contribution in [2.45, 2.75) is 25.8 Å². The van der Waals surface area contributed by atoms with Gasteiger partial charge >= 0.3 is 0 Å². The maximum absolute atomic E-state index is 2.57. The van der Waals surface area contributed by atoms with Crippen LogP contribution in [0.25, 0.3) is 33.4 Å². The Morgan fingerprint density at radius 3 is 1.77 bits per heavy atom. The van der Waals surface area contributed by atoms with E-state index in [9.17, 15) is 0 Å². The van der Waals surface area contributed by atoms with Gasteiger partial charge in [-0.1, -0.05) is 117 Å². The third-order valence-electron chi connectivity index (χ3n) is 10.4. The normalized spacial score (nSPS) is 15.6. The van der Waals surface area contributed by atoms with Gasteiger partial charge in [-0.25, -0.2) is 0 Å². The van der Waals surface area contributed by atoms with Gasteiger partial charge in [0.25, 0.3) is 0 Å². The van der Waals surface area contributed by atoms with Crippen LogP contribution in [0.2, 0.25) is 0 Å². The van der Waals surface area contributed by atoms with Crippen molar-refractivity contribution >= 4 is 17.1 Å². The van der Waals surface area contributed by atoms with Crippen LogP contribution in [0.5, 0.6) is 0 Å². The molecule has 6 aromatic carbocycles. The summed E-state index contributed by atoms with van der Waals surface area (Å²) in [7, 11) is 2.21. The standard InChI is InChI=1S/C45H43N3/c1-45(2)43-15-8-7-14-41(43)42-25-24-40(31-44(42)45)48(38-20-16-35(17-21-38)34-11-5-4-6-12-34)39-22-18-36(19-23-39)37-13-9-10-33(30-37)32-47-28-26-46(3)27-29-47/h4-25,30-31H,26-29,32H2,1-3H3. The number of piperazine rings is 1. The topological polar surface area (TPSA) is 9.72 Å². The summed E-state index contributed by atoms with van der Waals surface area (Å²) in [6.45, 7) is 10.3. The highest BCUT2D eigenvalue weighted by Crippen LogP contribution is 2.50. The first kappa shape index (κ1) is 30.4. The van der Waals surface area contributed by atoms with Gasteiger partial charge in [-0.3, -0.25) is 4.90 Å². The molecule has 3 nitrogen and oxygen atoms in total. The molecule has 1 heterocycles. The lowest BCUT2D eigenvalue weighted by molar-refractivity contribution is 0.148. The zero-order chi connectivity index (χ0) is 32.7. The fourth-order valence-electron chi connectivity index (χ4n) is 7.63. The van der Waals surface area contributed by atoms with Crippen LogP contribution in [-0.2, 0) is 12.0 Å². The van der Waals surface area contributed by atoms with E-state index in [0.29, 0.717) is 0 Å². The SMILES string of the molecule is CN1CCN(Cc2cccc(-c3ccc(N(c4ccc(-c5ccccc5)cc4)c4ccc5c(c4)C(C)(C)c4ccccc4-5)cc3)c2)CC1. The van der Waals surface area contributed by atoms with Gasteiger partial charge in [0.2, 0.25) is 0 Å². The van der Waals surface area contributed by atoms with E-state index in [1.54, 1.807) is 0 Å². The molecule has 0 bridgehead atoms. The van der Waals surface area contributed by atoms with Gasteiger partial charge in [0.05, 0.1) is 0 Å². The lowest BCUT2D eigenvalue weighted by Gasteiger charge is -2.32. The monoisotopic (exact) mass is 625 g/mol. The molecule has 0 saturated carbocycles. The summed E-state index contributed by atoms with van der Waals surface area (Å²) in [5.74, 6) is 0. The Morgan fingerprint density at radius 2 is 1.06 bits per heavy atom. The number of anilines is 3. The first-order valence-corrected chi connectivity index (χ1v) is 17.2. The maximum Gasteiger partial charge on any atom is 0.0465 e. The quantitative estimate of drug-likeness (QED) is 0.175. The molecule has 0 radical (unpaired) electrons. The van der Waals surface area contributed by atoms with E-state index in [4.69, 9.17) is 0 Å². The summed E-state index contributed by atoms with van der Waals surface area (Å²) >= 11 is 0. The summed E-state index contributed by atoms with van der Waals surface area (Å²) in [5.41, 5.74) is 15.2. The predicted molar refractivity (Wildman–Crippen MR) is 202 cm³/mol. The second kappa shape index (κ2) is 12.6. The van der Waals surface area contributed by atoms with Crippen LogP contribution in [0, 0.1) is 0 Å². The van der Waals surface area contributed by atoms with Gasteiger partial charge in [0.1, 0.15) is 0 Å². The van der Waals surface area contributed by atoms with Crippen LogP contribution in [0.1, 0.15) is 30.5 Å². The van der Waals surface area contributed by atoms with Gasteiger partial charge in [0, 0.05) is 55.2 Å². The van der Waals surface area contributed by atoms with Gasteiger partial charge in [-0.15, -0.1) is 0 Å². The fraction of sp³-hybridized carbons (Fsp3) is 0.200. The summed E-state index contributed by atoms with van der Waals surface area (Å²) in [6.07, 6.45) is 0. The number of hydrogen-bond acceptors (Lipinski definition) is 3. The number of nitrogens with zero attached hydrogens (tertiary/aromatic N) is 3. The van der Waals surface area contributed by atoms with E-state index in [1.165, 1.54) is 55.8 Å². The van der Waals surface area contributed by atoms with Crippen molar-refractivity contribution in [1.82, 2.24) is 9.80 Å². The number of benzene rings is 6. The van der Waals surface area contributed by atoms with Crippen molar-refractivity contribution in [2.24, 2.45) is 0 Å². The maximum atomic E-state index is 2.57. The second-order valence-corrected chi connectivity index (χ2v) is 14.0. The van der Waals surface area contributed by atoms with E-state index < -0.39 is 0 Å². The zero-order valence-electron chi connectivity index (χ0n) is 28.2. The third kappa shape index (κ3) is 5.74. The molecule has 6 aromatic rings. The molecular formula is C45H43N3. The smallest absolute Gasteiger partial charge is 0.0465 e. The number of rotatable bonds is 7. The predicted octanol–water partition coefficient (Wildman–Crippen LogP) is 10.5. The molecule has 2 aliphatic rings. The largest absolute Gasteiger partial charge is 0.310 e. The molecule has 0 amide bonds. The number of hydrogen-bond donors (Lipinski definition) is 0. The average molecular weight is 626 g/mol. The zero-order valence-corrected chi connectivity index (χ0v) is 28.2. The molecule has 0 spiro atoms. The Balaban J connectivity index is 1.14. The average Bonchev–Trinajstić information content (AvgIpc) is 3.36. The van der Waals surface area contributed by atoms with Gasteiger partial charge in [-0.05, 0) is 99.6 Å². The Hall–Kier alpha value is -4.96. The summed E-state index contributed by atoms with van der Waals surface area (Å²) in [6, 6.07) is 53.7. The second-order valence-electron chi connectivity index (χ2n) is 14.0. The minimum absolute atomic E-state index is 0.0657. The molecule has 8 rings (SSSR count). The van der Waals surface area contributed by atoms with E-state index in [1.807, 2.05) is 0 Å². The van der Waals surface area contributed by atoms with E-state index >= 15 is 0 Å². The van der Waals surface area contributed by atoms with Crippen molar-refractivity contribution < 1.29 is 0 Å². The fourth-order valence-corrected chi connectivity index (χ4v) is 7.63. The van der Waals surface area contributed by atoms with Crippen LogP contribution < -0.4 is 4.90 Å². The molecule has 0 aromatic heterocycles. The number of fused-ring (bicyclic) bond motifs is 3. The third-order valence-corrected chi connectivity index (χ3v) is 10.4. The highest BCUT2D eigenvalue weighted by molar-refractivity contribution is 5.86.